The lowest BCUT2D eigenvalue weighted by Crippen LogP contribution is -2.64. The summed E-state index contributed by atoms with van der Waals surface area (Å²) < 4.78 is 1.69. The van der Waals surface area contributed by atoms with E-state index in [2.05, 4.69) is 15.4 Å². The molecular formula is C29H33N7O3S. The fourth-order valence-corrected chi connectivity index (χ4v) is 6.29. The molecule has 40 heavy (non-hydrogen) atoms. The van der Waals surface area contributed by atoms with Crippen LogP contribution in [-0.4, -0.2) is 72.8 Å². The van der Waals surface area contributed by atoms with E-state index in [0.717, 1.165) is 32.3 Å². The number of likely N-dealkylation sites (N-methyl/N-ethyl adjacent to an activating group) is 1. The molecule has 2 unspecified atom stereocenters. The molecule has 0 saturated carbocycles. The van der Waals surface area contributed by atoms with E-state index in [9.17, 15) is 14.7 Å². The zero-order valence-electron chi connectivity index (χ0n) is 23.5. The summed E-state index contributed by atoms with van der Waals surface area (Å²) in [6, 6.07) is 11.3. The predicted molar refractivity (Wildman–Crippen MR) is 155 cm³/mol. The van der Waals surface area contributed by atoms with Crippen molar-refractivity contribution in [1.29, 1.82) is 0 Å². The van der Waals surface area contributed by atoms with Gasteiger partial charge in [0.1, 0.15) is 5.82 Å². The van der Waals surface area contributed by atoms with E-state index in [1.807, 2.05) is 57.3 Å². The number of fused-ring (bicyclic) bond motifs is 1. The van der Waals surface area contributed by atoms with Crippen LogP contribution < -0.4 is 5.32 Å². The third-order valence-electron chi connectivity index (χ3n) is 7.39. The molecule has 0 bridgehead atoms. The lowest BCUT2D eigenvalue weighted by atomic mass is 9.85. The molecule has 0 saturated heterocycles. The maximum absolute atomic E-state index is 14.0. The van der Waals surface area contributed by atoms with Gasteiger partial charge >= 0.3 is 0 Å². The van der Waals surface area contributed by atoms with Gasteiger partial charge in [-0.2, -0.15) is 5.10 Å². The molecule has 0 aliphatic carbocycles. The van der Waals surface area contributed by atoms with Crippen LogP contribution in [0.15, 0.2) is 48.8 Å². The Balaban J connectivity index is 1.50. The summed E-state index contributed by atoms with van der Waals surface area (Å²) in [5, 5.41) is 19.4. The first kappa shape index (κ1) is 27.5. The topological polar surface area (TPSA) is 116 Å². The van der Waals surface area contributed by atoms with Gasteiger partial charge in [0.2, 0.25) is 11.7 Å². The molecule has 208 valence electrons. The summed E-state index contributed by atoms with van der Waals surface area (Å²) in [4.78, 5) is 41.1. The Bertz CT molecular complexity index is 1590. The first-order valence-corrected chi connectivity index (χ1v) is 13.9. The van der Waals surface area contributed by atoms with E-state index in [1.165, 1.54) is 21.1 Å². The van der Waals surface area contributed by atoms with Gasteiger partial charge < -0.3 is 20.2 Å². The van der Waals surface area contributed by atoms with Crippen molar-refractivity contribution >= 4 is 34.9 Å². The van der Waals surface area contributed by atoms with Crippen molar-refractivity contribution in [1.82, 2.24) is 29.5 Å². The van der Waals surface area contributed by atoms with Gasteiger partial charge in [0.15, 0.2) is 0 Å². The van der Waals surface area contributed by atoms with E-state index in [-0.39, 0.29) is 12.5 Å². The molecular weight excluding hydrogens is 526 g/mol. The normalized spacial score (nSPS) is 15.4. The summed E-state index contributed by atoms with van der Waals surface area (Å²) in [5.41, 5.74) is 1.80. The van der Waals surface area contributed by atoms with Crippen molar-refractivity contribution in [2.45, 2.75) is 38.8 Å². The smallest absolute Gasteiger partial charge is 0.276 e. The average molecular weight is 560 g/mol. The van der Waals surface area contributed by atoms with Crippen LogP contribution in [0.25, 0.3) is 10.6 Å². The van der Waals surface area contributed by atoms with E-state index >= 15 is 0 Å². The van der Waals surface area contributed by atoms with Gasteiger partial charge in [-0.3, -0.25) is 14.3 Å². The van der Waals surface area contributed by atoms with Crippen molar-refractivity contribution < 1.29 is 14.7 Å². The number of carbonyl (C=O) groups excluding carboxylic acids is 2. The molecule has 2 atom stereocenters. The van der Waals surface area contributed by atoms with Crippen LogP contribution in [0.2, 0.25) is 0 Å². The highest BCUT2D eigenvalue weighted by Gasteiger charge is 2.52. The summed E-state index contributed by atoms with van der Waals surface area (Å²) in [7, 11) is 5.01. The first-order valence-electron chi connectivity index (χ1n) is 13.0. The van der Waals surface area contributed by atoms with Crippen LogP contribution in [0.5, 0.6) is 0 Å². The molecule has 3 aromatic heterocycles. The third kappa shape index (κ3) is 4.75. The number of amides is 2. The van der Waals surface area contributed by atoms with Crippen molar-refractivity contribution in [2.75, 3.05) is 26.0 Å². The summed E-state index contributed by atoms with van der Waals surface area (Å²) in [6.45, 7) is 5.89. The standard InChI is InChI=1S/C29H33N7O3S/c1-17-8-7-9-20(14-17)19(3)29(39,27(38)34(4)5)36-13-11-22-21(26(36)37)15-23(40-22)25-18(2)16-30-28(33-25)32-24-10-12-31-35(24)6/h7-10,12,14-16,19,39H,11,13H2,1-6H3,(H,30,32,33). The molecule has 0 spiro atoms. The van der Waals surface area contributed by atoms with Crippen molar-refractivity contribution in [3.8, 4) is 10.6 Å². The summed E-state index contributed by atoms with van der Waals surface area (Å²) in [5.74, 6) is -0.400. The minimum atomic E-state index is -2.06. The van der Waals surface area contributed by atoms with Crippen LogP contribution >= 0.6 is 11.3 Å². The number of aryl methyl sites for hydroxylation is 3. The number of thiophene rings is 1. The number of aromatic nitrogens is 4. The fraction of sp³-hybridized carbons (Fsp3) is 0.345. The Labute approximate surface area is 237 Å². The highest BCUT2D eigenvalue weighted by Crippen LogP contribution is 2.40. The van der Waals surface area contributed by atoms with Gasteiger partial charge in [-0.05, 0) is 31.0 Å². The molecule has 1 aliphatic heterocycles. The average Bonchev–Trinajstić information content (AvgIpc) is 3.55. The van der Waals surface area contributed by atoms with E-state index in [4.69, 9.17) is 4.98 Å². The number of nitrogens with one attached hydrogen (secondary N) is 1. The molecule has 0 fully saturated rings. The van der Waals surface area contributed by atoms with Gasteiger partial charge in [0.05, 0.1) is 22.3 Å². The largest absolute Gasteiger partial charge is 0.362 e. The van der Waals surface area contributed by atoms with Crippen LogP contribution in [0.3, 0.4) is 0 Å². The number of hydrogen-bond acceptors (Lipinski definition) is 8. The number of nitrogens with zero attached hydrogens (tertiary/aromatic N) is 6. The highest BCUT2D eigenvalue weighted by molar-refractivity contribution is 7.15. The number of rotatable bonds is 7. The second-order valence-electron chi connectivity index (χ2n) is 10.4. The minimum absolute atomic E-state index is 0.216. The second kappa shape index (κ2) is 10.5. The first-order chi connectivity index (χ1) is 19.0. The molecule has 10 nitrogen and oxygen atoms in total. The Morgan fingerprint density at radius 2 is 2.00 bits per heavy atom. The Kier molecular flexibility index (Phi) is 7.19. The number of benzene rings is 1. The molecule has 4 aromatic rings. The molecule has 0 radical (unpaired) electrons. The van der Waals surface area contributed by atoms with Gasteiger partial charge in [-0.15, -0.1) is 11.3 Å². The molecule has 5 rings (SSSR count). The lowest BCUT2D eigenvalue weighted by molar-refractivity contribution is -0.171. The van der Waals surface area contributed by atoms with Crippen LogP contribution in [0.1, 0.15) is 44.8 Å². The van der Waals surface area contributed by atoms with Gasteiger partial charge in [-0.25, -0.2) is 9.97 Å². The van der Waals surface area contributed by atoms with Gasteiger partial charge in [-0.1, -0.05) is 36.8 Å². The Morgan fingerprint density at radius 1 is 1.23 bits per heavy atom. The van der Waals surface area contributed by atoms with Crippen LogP contribution in [0, 0.1) is 13.8 Å². The van der Waals surface area contributed by atoms with Gasteiger partial charge in [0.25, 0.3) is 11.8 Å². The Morgan fingerprint density at radius 3 is 2.67 bits per heavy atom. The monoisotopic (exact) mass is 559 g/mol. The summed E-state index contributed by atoms with van der Waals surface area (Å²) >= 11 is 1.50. The zero-order valence-corrected chi connectivity index (χ0v) is 24.3. The molecule has 2 amide bonds. The number of anilines is 2. The van der Waals surface area contributed by atoms with Crippen LogP contribution in [0.4, 0.5) is 11.8 Å². The number of aliphatic hydroxyl groups is 1. The number of carbonyl (C=O) groups is 2. The zero-order chi connectivity index (χ0) is 28.8. The maximum atomic E-state index is 14.0. The summed E-state index contributed by atoms with van der Waals surface area (Å²) in [6.07, 6.45) is 3.94. The van der Waals surface area contributed by atoms with E-state index in [0.29, 0.717) is 23.6 Å². The SMILES string of the molecule is Cc1cccc(C(C)C(O)(C(=O)N(C)C)N2CCc3sc(-c4nc(Nc5ccnn5C)ncc4C)cc3C2=O)c1. The van der Waals surface area contributed by atoms with E-state index in [1.54, 1.807) is 38.1 Å². The molecule has 11 heteroatoms. The van der Waals surface area contributed by atoms with E-state index < -0.39 is 17.6 Å². The third-order valence-corrected chi connectivity index (χ3v) is 8.59. The van der Waals surface area contributed by atoms with Crippen molar-refractivity contribution in [3.05, 3.63) is 75.9 Å². The fourth-order valence-electron chi connectivity index (χ4n) is 5.10. The second-order valence-corrected chi connectivity index (χ2v) is 11.5. The van der Waals surface area contributed by atoms with Crippen molar-refractivity contribution in [3.63, 3.8) is 0 Å². The molecule has 1 aromatic carbocycles. The van der Waals surface area contributed by atoms with Gasteiger partial charge in [0, 0.05) is 57.2 Å². The predicted octanol–water partition coefficient (Wildman–Crippen LogP) is 3.88. The lowest BCUT2D eigenvalue weighted by Gasteiger charge is -2.45. The molecule has 2 N–H and O–H groups in total. The molecule has 1 aliphatic rings. The minimum Gasteiger partial charge on any atom is -0.362 e. The quantitative estimate of drug-likeness (QED) is 0.353. The van der Waals surface area contributed by atoms with Crippen molar-refractivity contribution in [2.24, 2.45) is 7.05 Å². The van der Waals surface area contributed by atoms with Crippen LogP contribution in [-0.2, 0) is 18.3 Å². The Hall–Kier alpha value is -4.09. The number of hydrogen-bond donors (Lipinski definition) is 2. The highest BCUT2D eigenvalue weighted by atomic mass is 32.1. The molecule has 4 heterocycles. The maximum Gasteiger partial charge on any atom is 0.276 e.